The molecule has 2 aromatic rings. The van der Waals surface area contributed by atoms with E-state index in [0.717, 1.165) is 18.4 Å². The van der Waals surface area contributed by atoms with Gasteiger partial charge in [-0.1, -0.05) is 62.7 Å². The van der Waals surface area contributed by atoms with Crippen molar-refractivity contribution in [2.75, 3.05) is 0 Å². The van der Waals surface area contributed by atoms with Gasteiger partial charge in [-0.15, -0.1) is 0 Å². The van der Waals surface area contributed by atoms with Gasteiger partial charge in [0.2, 0.25) is 0 Å². The number of alkyl halides is 1. The highest BCUT2D eigenvalue weighted by atomic mass is 19.1. The van der Waals surface area contributed by atoms with Gasteiger partial charge in [-0.05, 0) is 54.0 Å². The highest BCUT2D eigenvalue weighted by Gasteiger charge is 2.04. The predicted molar refractivity (Wildman–Crippen MR) is 93.3 cm³/mol. The second-order valence-corrected chi connectivity index (χ2v) is 6.18. The van der Waals surface area contributed by atoms with Gasteiger partial charge in [0.15, 0.2) is 0 Å². The van der Waals surface area contributed by atoms with Gasteiger partial charge in [0, 0.05) is 6.42 Å². The molecule has 0 aliphatic heterocycles. The molecule has 0 saturated carbocycles. The van der Waals surface area contributed by atoms with E-state index in [1.807, 2.05) is 0 Å². The minimum absolute atomic E-state index is 0.506. The van der Waals surface area contributed by atoms with E-state index in [2.05, 4.69) is 56.3 Å². The van der Waals surface area contributed by atoms with Crippen LogP contribution in [0.2, 0.25) is 0 Å². The van der Waals surface area contributed by atoms with Crippen molar-refractivity contribution >= 4 is 0 Å². The van der Waals surface area contributed by atoms with Crippen molar-refractivity contribution in [3.8, 4) is 0 Å². The van der Waals surface area contributed by atoms with E-state index >= 15 is 0 Å². The Kier molecular flexibility index (Phi) is 6.18. The smallest absolute Gasteiger partial charge is 0.101 e. The topological polar surface area (TPSA) is 0 Å². The highest BCUT2D eigenvalue weighted by Crippen LogP contribution is 2.18. The standard InChI is InChI=1S/C21H27F/c1-4-6-21-12-11-19(15-20(21)5-2)14-18-9-7-17(8-10-18)13-16(3)22/h7-12,15-16H,4-6,13-14H2,1-3H3. The largest absolute Gasteiger partial charge is 0.247 e. The zero-order valence-corrected chi connectivity index (χ0v) is 14.0. The third-order valence-corrected chi connectivity index (χ3v) is 4.12. The molecule has 1 heteroatoms. The van der Waals surface area contributed by atoms with Crippen LogP contribution in [-0.4, -0.2) is 6.17 Å². The van der Waals surface area contributed by atoms with Crippen LogP contribution >= 0.6 is 0 Å². The number of hydrogen-bond donors (Lipinski definition) is 0. The summed E-state index contributed by atoms with van der Waals surface area (Å²) in [6.45, 7) is 6.07. The lowest BCUT2D eigenvalue weighted by Gasteiger charge is -2.10. The zero-order chi connectivity index (χ0) is 15.9. The monoisotopic (exact) mass is 298 g/mol. The second kappa shape index (κ2) is 8.12. The first-order valence-corrected chi connectivity index (χ1v) is 8.45. The third kappa shape index (κ3) is 4.69. The van der Waals surface area contributed by atoms with Crippen LogP contribution < -0.4 is 0 Å². The molecule has 0 fully saturated rings. The van der Waals surface area contributed by atoms with Crippen LogP contribution in [-0.2, 0) is 25.7 Å². The molecule has 0 radical (unpaired) electrons. The maximum atomic E-state index is 13.0. The fourth-order valence-electron chi connectivity index (χ4n) is 2.99. The van der Waals surface area contributed by atoms with Crippen LogP contribution in [0.25, 0.3) is 0 Å². The first-order chi connectivity index (χ1) is 10.6. The molecule has 1 atom stereocenters. The van der Waals surface area contributed by atoms with Gasteiger partial charge in [-0.2, -0.15) is 0 Å². The van der Waals surface area contributed by atoms with E-state index in [9.17, 15) is 4.39 Å². The molecular weight excluding hydrogens is 271 g/mol. The lowest BCUT2D eigenvalue weighted by Crippen LogP contribution is -1.99. The number of hydrogen-bond acceptors (Lipinski definition) is 0. The number of aryl methyl sites for hydroxylation is 2. The Balaban J connectivity index is 2.09. The fourth-order valence-corrected chi connectivity index (χ4v) is 2.99. The molecule has 0 heterocycles. The van der Waals surface area contributed by atoms with Gasteiger partial charge in [0.05, 0.1) is 0 Å². The lowest BCUT2D eigenvalue weighted by atomic mass is 9.95. The minimum atomic E-state index is -0.774. The van der Waals surface area contributed by atoms with Crippen molar-refractivity contribution < 1.29 is 4.39 Å². The molecule has 1 unspecified atom stereocenters. The molecule has 0 amide bonds. The molecule has 0 aliphatic rings. The minimum Gasteiger partial charge on any atom is -0.247 e. The van der Waals surface area contributed by atoms with Gasteiger partial charge >= 0.3 is 0 Å². The van der Waals surface area contributed by atoms with E-state index in [4.69, 9.17) is 0 Å². The Morgan fingerprint density at radius 3 is 2.09 bits per heavy atom. The van der Waals surface area contributed by atoms with E-state index in [1.165, 1.54) is 35.1 Å². The van der Waals surface area contributed by atoms with Crippen molar-refractivity contribution in [3.63, 3.8) is 0 Å². The summed E-state index contributed by atoms with van der Waals surface area (Å²) in [5.74, 6) is 0. The van der Waals surface area contributed by atoms with Crippen molar-refractivity contribution in [1.82, 2.24) is 0 Å². The van der Waals surface area contributed by atoms with Crippen LogP contribution in [0, 0.1) is 0 Å². The van der Waals surface area contributed by atoms with Crippen molar-refractivity contribution in [1.29, 1.82) is 0 Å². The maximum Gasteiger partial charge on any atom is 0.101 e. The van der Waals surface area contributed by atoms with Gasteiger partial charge in [-0.3, -0.25) is 0 Å². The van der Waals surface area contributed by atoms with E-state index in [0.29, 0.717) is 6.42 Å². The maximum absolute atomic E-state index is 13.0. The van der Waals surface area contributed by atoms with Gasteiger partial charge < -0.3 is 0 Å². The van der Waals surface area contributed by atoms with Gasteiger partial charge in [-0.25, -0.2) is 4.39 Å². The van der Waals surface area contributed by atoms with Crippen LogP contribution in [0.5, 0.6) is 0 Å². The van der Waals surface area contributed by atoms with Crippen LogP contribution in [0.4, 0.5) is 4.39 Å². The quantitative estimate of drug-likeness (QED) is 0.615. The first kappa shape index (κ1) is 16.7. The normalized spacial score (nSPS) is 12.4. The fraction of sp³-hybridized carbons (Fsp3) is 0.429. The molecule has 118 valence electrons. The molecule has 0 spiro atoms. The molecule has 0 saturated heterocycles. The molecule has 2 rings (SSSR count). The summed E-state index contributed by atoms with van der Waals surface area (Å²) < 4.78 is 13.0. The molecule has 22 heavy (non-hydrogen) atoms. The van der Waals surface area contributed by atoms with Gasteiger partial charge in [0.1, 0.15) is 6.17 Å². The van der Waals surface area contributed by atoms with Crippen molar-refractivity contribution in [2.45, 2.75) is 59.0 Å². The number of rotatable bonds is 7. The lowest BCUT2D eigenvalue weighted by molar-refractivity contribution is 0.360. The van der Waals surface area contributed by atoms with E-state index in [-0.39, 0.29) is 0 Å². The molecule has 0 bridgehead atoms. The summed E-state index contributed by atoms with van der Waals surface area (Å²) in [5, 5.41) is 0. The summed E-state index contributed by atoms with van der Waals surface area (Å²) >= 11 is 0. The Hall–Kier alpha value is -1.63. The van der Waals surface area contributed by atoms with Crippen molar-refractivity contribution in [3.05, 3.63) is 70.3 Å². The Morgan fingerprint density at radius 2 is 1.50 bits per heavy atom. The van der Waals surface area contributed by atoms with E-state index < -0.39 is 6.17 Å². The summed E-state index contributed by atoms with van der Waals surface area (Å²) in [6, 6.07) is 15.3. The summed E-state index contributed by atoms with van der Waals surface area (Å²) in [7, 11) is 0. The number of halogens is 1. The summed E-state index contributed by atoms with van der Waals surface area (Å²) in [4.78, 5) is 0. The predicted octanol–water partition coefficient (Wildman–Crippen LogP) is 5.69. The summed E-state index contributed by atoms with van der Waals surface area (Å²) in [6.07, 6.45) is 4.14. The highest BCUT2D eigenvalue weighted by molar-refractivity contribution is 5.36. The average Bonchev–Trinajstić information content (AvgIpc) is 2.50. The Bertz CT molecular complexity index is 581. The van der Waals surface area contributed by atoms with Crippen LogP contribution in [0.15, 0.2) is 42.5 Å². The van der Waals surface area contributed by atoms with E-state index in [1.54, 1.807) is 6.92 Å². The molecule has 2 aromatic carbocycles. The third-order valence-electron chi connectivity index (χ3n) is 4.12. The Labute approximate surface area is 134 Å². The molecule has 0 N–H and O–H groups in total. The molecular formula is C21H27F. The van der Waals surface area contributed by atoms with Crippen molar-refractivity contribution in [2.24, 2.45) is 0 Å². The van der Waals surface area contributed by atoms with Gasteiger partial charge in [0.25, 0.3) is 0 Å². The average molecular weight is 298 g/mol. The first-order valence-electron chi connectivity index (χ1n) is 8.45. The molecule has 0 nitrogen and oxygen atoms in total. The molecule has 0 aromatic heterocycles. The number of benzene rings is 2. The zero-order valence-electron chi connectivity index (χ0n) is 14.0. The molecule has 0 aliphatic carbocycles. The summed E-state index contributed by atoms with van der Waals surface area (Å²) in [5.41, 5.74) is 6.69. The second-order valence-electron chi connectivity index (χ2n) is 6.18. The van der Waals surface area contributed by atoms with Crippen LogP contribution in [0.3, 0.4) is 0 Å². The Morgan fingerprint density at radius 1 is 0.864 bits per heavy atom. The van der Waals surface area contributed by atoms with Crippen LogP contribution in [0.1, 0.15) is 55.0 Å². The SMILES string of the molecule is CCCc1ccc(Cc2ccc(CC(C)F)cc2)cc1CC.